The van der Waals surface area contributed by atoms with Crippen molar-refractivity contribution in [2.24, 2.45) is 5.92 Å². The van der Waals surface area contributed by atoms with Crippen molar-refractivity contribution in [1.29, 1.82) is 0 Å². The Morgan fingerprint density at radius 1 is 1.32 bits per heavy atom. The summed E-state index contributed by atoms with van der Waals surface area (Å²) in [5.41, 5.74) is 0. The minimum atomic E-state index is -0.460. The molecule has 1 fully saturated rings. The predicted octanol–water partition coefficient (Wildman–Crippen LogP) is 4.41. The average Bonchev–Trinajstić information content (AvgIpc) is 3.25. The van der Waals surface area contributed by atoms with Gasteiger partial charge in [-0.1, -0.05) is 37.2 Å². The molecule has 31 heavy (non-hydrogen) atoms. The van der Waals surface area contributed by atoms with E-state index in [0.29, 0.717) is 35.0 Å². The number of carbonyl (C=O) groups is 1. The largest absolute Gasteiger partial charge is 0.497 e. The minimum absolute atomic E-state index is 0.0860. The highest BCUT2D eigenvalue weighted by molar-refractivity contribution is 7.99. The lowest BCUT2D eigenvalue weighted by atomic mass is 10.0. The van der Waals surface area contributed by atoms with Crippen LogP contribution in [-0.2, 0) is 9.53 Å². The highest BCUT2D eigenvalue weighted by Crippen LogP contribution is 2.29. The van der Waals surface area contributed by atoms with E-state index in [1.807, 2.05) is 24.3 Å². The van der Waals surface area contributed by atoms with E-state index in [0.717, 1.165) is 30.1 Å². The van der Waals surface area contributed by atoms with E-state index < -0.39 is 6.04 Å². The zero-order chi connectivity index (χ0) is 22.2. The van der Waals surface area contributed by atoms with Crippen molar-refractivity contribution < 1.29 is 14.3 Å². The summed E-state index contributed by atoms with van der Waals surface area (Å²) in [6.45, 7) is 5.43. The average molecular weight is 465 g/mol. The highest BCUT2D eigenvalue weighted by Gasteiger charge is 2.23. The molecule has 1 aromatic carbocycles. The van der Waals surface area contributed by atoms with Crippen LogP contribution in [0.1, 0.15) is 33.1 Å². The van der Waals surface area contributed by atoms with Crippen molar-refractivity contribution in [3.63, 3.8) is 0 Å². The van der Waals surface area contributed by atoms with Gasteiger partial charge in [-0.25, -0.2) is 9.97 Å². The fourth-order valence-corrected chi connectivity index (χ4v) is 4.34. The third kappa shape index (κ3) is 7.55. The van der Waals surface area contributed by atoms with E-state index in [4.69, 9.17) is 21.1 Å². The number of carbonyl (C=O) groups excluding carboxylic acids is 1. The van der Waals surface area contributed by atoms with Gasteiger partial charge in [0.1, 0.15) is 22.0 Å². The van der Waals surface area contributed by atoms with Crippen molar-refractivity contribution in [1.82, 2.24) is 15.3 Å². The Hall–Kier alpha value is -2.03. The summed E-state index contributed by atoms with van der Waals surface area (Å²) in [6, 6.07) is 8.93. The molecule has 2 atom stereocenters. The van der Waals surface area contributed by atoms with Crippen LogP contribution in [0.4, 0.5) is 5.95 Å². The van der Waals surface area contributed by atoms with Gasteiger partial charge < -0.3 is 20.1 Å². The minimum Gasteiger partial charge on any atom is -0.497 e. The number of methoxy groups -OCH3 is 1. The molecule has 1 aliphatic heterocycles. The Bertz CT molecular complexity index is 860. The number of halogens is 1. The first-order chi connectivity index (χ1) is 14.9. The topological polar surface area (TPSA) is 85.4 Å². The van der Waals surface area contributed by atoms with Gasteiger partial charge in [-0.2, -0.15) is 0 Å². The lowest BCUT2D eigenvalue weighted by Crippen LogP contribution is -2.43. The Kier molecular flexibility index (Phi) is 8.80. The number of rotatable bonds is 10. The lowest BCUT2D eigenvalue weighted by molar-refractivity contribution is -0.122. The van der Waals surface area contributed by atoms with E-state index in [1.165, 1.54) is 11.8 Å². The molecule has 0 aliphatic carbocycles. The third-order valence-electron chi connectivity index (χ3n) is 4.81. The van der Waals surface area contributed by atoms with Crippen molar-refractivity contribution in [2.75, 3.05) is 25.6 Å². The number of nitrogens with one attached hydrogen (secondary N) is 2. The van der Waals surface area contributed by atoms with Gasteiger partial charge in [0, 0.05) is 24.1 Å². The van der Waals surface area contributed by atoms with Crippen molar-refractivity contribution in [3.8, 4) is 5.75 Å². The maximum absolute atomic E-state index is 12.8. The molecule has 2 N–H and O–H groups in total. The van der Waals surface area contributed by atoms with Gasteiger partial charge in [0.2, 0.25) is 11.9 Å². The van der Waals surface area contributed by atoms with Crippen molar-refractivity contribution >= 4 is 35.2 Å². The fourth-order valence-electron chi connectivity index (χ4n) is 3.28. The molecular formula is C22H29ClN4O3S. The van der Waals surface area contributed by atoms with Crippen LogP contribution in [0.3, 0.4) is 0 Å². The van der Waals surface area contributed by atoms with Gasteiger partial charge in [-0.15, -0.1) is 0 Å². The van der Waals surface area contributed by atoms with Crippen molar-refractivity contribution in [2.45, 2.75) is 55.2 Å². The van der Waals surface area contributed by atoms with Gasteiger partial charge in [-0.05, 0) is 49.4 Å². The number of benzene rings is 1. The van der Waals surface area contributed by atoms with E-state index in [1.54, 1.807) is 13.2 Å². The van der Waals surface area contributed by atoms with Gasteiger partial charge in [-0.3, -0.25) is 4.79 Å². The maximum atomic E-state index is 12.8. The molecule has 9 heteroatoms. The molecule has 1 amide bonds. The number of anilines is 1. The number of hydrogen-bond donors (Lipinski definition) is 2. The Morgan fingerprint density at radius 2 is 2.10 bits per heavy atom. The fraction of sp³-hybridized carbons (Fsp3) is 0.500. The molecule has 0 bridgehead atoms. The summed E-state index contributed by atoms with van der Waals surface area (Å²) in [6.07, 6.45) is 2.76. The monoisotopic (exact) mass is 464 g/mol. The van der Waals surface area contributed by atoms with E-state index in [-0.39, 0.29) is 12.0 Å². The lowest BCUT2D eigenvalue weighted by Gasteiger charge is -2.21. The van der Waals surface area contributed by atoms with Gasteiger partial charge >= 0.3 is 0 Å². The summed E-state index contributed by atoms with van der Waals surface area (Å²) in [5, 5.41) is 7.18. The van der Waals surface area contributed by atoms with Gasteiger partial charge in [0.25, 0.3) is 0 Å². The molecule has 2 aromatic rings. The summed E-state index contributed by atoms with van der Waals surface area (Å²) in [5.74, 6) is 1.36. The predicted molar refractivity (Wildman–Crippen MR) is 123 cm³/mol. The second-order valence-corrected chi connectivity index (χ2v) is 9.32. The Morgan fingerprint density at radius 3 is 2.74 bits per heavy atom. The molecule has 1 aromatic heterocycles. The van der Waals surface area contributed by atoms with Crippen LogP contribution in [0, 0.1) is 5.92 Å². The molecule has 2 heterocycles. The second kappa shape index (κ2) is 11.5. The number of aromatic nitrogens is 2. The van der Waals surface area contributed by atoms with Crippen LogP contribution in [0.2, 0.25) is 5.15 Å². The molecule has 168 valence electrons. The standard InChI is InChI=1S/C22H29ClN4O3S/c1-14(2)11-18(21(28)24-13-16-5-4-10-30-16)25-22-26-19(23)12-20(27-22)31-17-8-6-15(29-3)7-9-17/h6-9,12,14,16,18H,4-5,10-11,13H2,1-3H3,(H,24,28)(H,25,26,27)/t16?,18-/m0/s1. The number of nitrogens with zero attached hydrogens (tertiary/aromatic N) is 2. The quantitative estimate of drug-likeness (QED) is 0.503. The first kappa shape index (κ1) is 23.6. The normalized spacial score (nSPS) is 16.9. The van der Waals surface area contributed by atoms with E-state index in [9.17, 15) is 4.79 Å². The summed E-state index contributed by atoms with van der Waals surface area (Å²) < 4.78 is 10.8. The van der Waals surface area contributed by atoms with E-state index >= 15 is 0 Å². The van der Waals surface area contributed by atoms with Gasteiger partial charge in [0.05, 0.1) is 13.2 Å². The smallest absolute Gasteiger partial charge is 0.242 e. The van der Waals surface area contributed by atoms with Crippen molar-refractivity contribution in [3.05, 3.63) is 35.5 Å². The Labute approximate surface area is 192 Å². The molecule has 3 rings (SSSR count). The van der Waals surface area contributed by atoms with Crippen LogP contribution in [0.15, 0.2) is 40.3 Å². The summed E-state index contributed by atoms with van der Waals surface area (Å²) in [4.78, 5) is 22.7. The first-order valence-electron chi connectivity index (χ1n) is 10.4. The molecule has 0 radical (unpaired) electrons. The molecular weight excluding hydrogens is 436 g/mol. The molecule has 1 aliphatic rings. The molecule has 0 spiro atoms. The van der Waals surface area contributed by atoms with Crippen LogP contribution in [0.5, 0.6) is 5.75 Å². The number of ether oxygens (including phenoxy) is 2. The zero-order valence-electron chi connectivity index (χ0n) is 18.1. The molecule has 1 saturated heterocycles. The third-order valence-corrected chi connectivity index (χ3v) is 5.93. The summed E-state index contributed by atoms with van der Waals surface area (Å²) in [7, 11) is 1.63. The SMILES string of the molecule is COc1ccc(Sc2cc(Cl)nc(N[C@@H](CC(C)C)C(=O)NCC3CCCO3)n2)cc1. The second-order valence-electron chi connectivity index (χ2n) is 7.84. The molecule has 7 nitrogen and oxygen atoms in total. The number of amides is 1. The van der Waals surface area contributed by atoms with E-state index in [2.05, 4.69) is 34.4 Å². The van der Waals surface area contributed by atoms with Gasteiger partial charge in [0.15, 0.2) is 0 Å². The van der Waals surface area contributed by atoms with Crippen LogP contribution >= 0.6 is 23.4 Å². The number of hydrogen-bond acceptors (Lipinski definition) is 7. The molecule has 1 unspecified atom stereocenters. The zero-order valence-corrected chi connectivity index (χ0v) is 19.6. The molecule has 0 saturated carbocycles. The Balaban J connectivity index is 1.68. The van der Waals surface area contributed by atoms with Crippen LogP contribution < -0.4 is 15.4 Å². The summed E-state index contributed by atoms with van der Waals surface area (Å²) >= 11 is 7.70. The maximum Gasteiger partial charge on any atom is 0.242 e. The van der Waals surface area contributed by atoms with Crippen LogP contribution in [-0.4, -0.2) is 48.3 Å². The first-order valence-corrected chi connectivity index (χ1v) is 11.6. The highest BCUT2D eigenvalue weighted by atomic mass is 35.5. The van der Waals surface area contributed by atoms with Crippen LogP contribution in [0.25, 0.3) is 0 Å².